The van der Waals surface area contributed by atoms with Crippen molar-refractivity contribution in [2.45, 2.75) is 45.7 Å². The van der Waals surface area contributed by atoms with Crippen molar-refractivity contribution in [3.8, 4) is 11.1 Å². The summed E-state index contributed by atoms with van der Waals surface area (Å²) in [7, 11) is -3.73. The maximum absolute atomic E-state index is 12.7. The van der Waals surface area contributed by atoms with E-state index in [0.29, 0.717) is 0 Å². The highest BCUT2D eigenvalue weighted by Gasteiger charge is 2.21. The molecule has 1 amide bonds. The van der Waals surface area contributed by atoms with Crippen molar-refractivity contribution in [3.05, 3.63) is 89.5 Å². The number of hydrogen-bond donors (Lipinski definition) is 3. The molecule has 3 N–H and O–H groups in total. The molecule has 0 heterocycles. The predicted octanol–water partition coefficient (Wildman–Crippen LogP) is 6.51. The highest BCUT2D eigenvalue weighted by molar-refractivity contribution is 7.55. The lowest BCUT2D eigenvalue weighted by Gasteiger charge is -2.20. The summed E-state index contributed by atoms with van der Waals surface area (Å²) in [6.07, 6.45) is -0.0465. The summed E-state index contributed by atoms with van der Waals surface area (Å²) >= 11 is 0. The molecule has 1 atom stereocenters. The van der Waals surface area contributed by atoms with E-state index < -0.39 is 7.52 Å². The molecule has 0 fully saturated rings. The largest absolute Gasteiger partial charge is 0.333 e. The van der Waals surface area contributed by atoms with E-state index in [1.807, 2.05) is 72.8 Å². The quantitative estimate of drug-likeness (QED) is 0.315. The van der Waals surface area contributed by atoms with Crippen molar-refractivity contribution in [3.63, 3.8) is 0 Å². The second kappa shape index (κ2) is 10.9. The Bertz CT molecular complexity index is 1100. The maximum atomic E-state index is 12.7. The van der Waals surface area contributed by atoms with E-state index in [-0.39, 0.29) is 30.4 Å². The van der Waals surface area contributed by atoms with E-state index in [4.69, 9.17) is 0 Å². The lowest BCUT2D eigenvalue weighted by atomic mass is 9.92. The van der Waals surface area contributed by atoms with Gasteiger partial charge < -0.3 is 10.2 Å². The van der Waals surface area contributed by atoms with E-state index in [2.05, 4.69) is 38.1 Å². The van der Waals surface area contributed by atoms with E-state index in [1.54, 1.807) is 0 Å². The van der Waals surface area contributed by atoms with Crippen molar-refractivity contribution in [1.82, 2.24) is 5.09 Å². The van der Waals surface area contributed by atoms with E-state index in [9.17, 15) is 14.3 Å². The molecular formula is C27H33N2O3P. The van der Waals surface area contributed by atoms with Gasteiger partial charge in [0.05, 0.1) is 12.7 Å². The lowest BCUT2D eigenvalue weighted by Crippen LogP contribution is -2.27. The van der Waals surface area contributed by atoms with Crippen LogP contribution in [0.15, 0.2) is 72.8 Å². The molecule has 0 aliphatic heterocycles. The van der Waals surface area contributed by atoms with E-state index >= 15 is 0 Å². The van der Waals surface area contributed by atoms with Gasteiger partial charge in [-0.2, -0.15) is 0 Å². The molecule has 0 saturated carbocycles. The number of rotatable bonds is 9. The molecule has 0 aliphatic rings. The summed E-state index contributed by atoms with van der Waals surface area (Å²) in [5.41, 5.74) is 5.79. The third-order valence-electron chi connectivity index (χ3n) is 5.58. The van der Waals surface area contributed by atoms with Crippen LogP contribution in [-0.4, -0.2) is 17.3 Å². The first-order valence-electron chi connectivity index (χ1n) is 11.3. The van der Waals surface area contributed by atoms with Crippen LogP contribution in [0.2, 0.25) is 0 Å². The molecule has 0 saturated heterocycles. The van der Waals surface area contributed by atoms with Gasteiger partial charge in [-0.3, -0.25) is 9.36 Å². The molecule has 33 heavy (non-hydrogen) atoms. The number of nitrogens with one attached hydrogen (secondary N) is 2. The van der Waals surface area contributed by atoms with E-state index in [0.717, 1.165) is 33.5 Å². The highest BCUT2D eigenvalue weighted by Crippen LogP contribution is 2.40. The summed E-state index contributed by atoms with van der Waals surface area (Å²) in [5.74, 6) is 0.156. The molecule has 5 nitrogen and oxygen atoms in total. The van der Waals surface area contributed by atoms with Crippen LogP contribution < -0.4 is 10.4 Å². The first-order chi connectivity index (χ1) is 15.7. The summed E-state index contributed by atoms with van der Waals surface area (Å²) in [5, 5.41) is 5.54. The molecule has 3 aromatic rings. The smallest absolute Gasteiger partial charge is 0.272 e. The Morgan fingerprint density at radius 2 is 1.36 bits per heavy atom. The average Bonchev–Trinajstić information content (AvgIpc) is 2.78. The van der Waals surface area contributed by atoms with Gasteiger partial charge in [-0.25, -0.2) is 5.09 Å². The highest BCUT2D eigenvalue weighted by atomic mass is 31.2. The van der Waals surface area contributed by atoms with Gasteiger partial charge in [0.15, 0.2) is 0 Å². The third kappa shape index (κ3) is 6.88. The summed E-state index contributed by atoms with van der Waals surface area (Å²) in [6.45, 7) is 8.09. The SMILES string of the molecule is CC(C)c1cccc(C(C)C)c1NC(=O)CNP(=O)(O)Cc1ccc(-c2ccccc2)cc1. The fourth-order valence-electron chi connectivity index (χ4n) is 3.81. The Hall–Kier alpha value is -2.72. The molecule has 0 aromatic heterocycles. The fourth-order valence-corrected chi connectivity index (χ4v) is 5.02. The Morgan fingerprint density at radius 3 is 1.91 bits per heavy atom. The molecule has 1 unspecified atom stereocenters. The zero-order valence-electron chi connectivity index (χ0n) is 19.7. The predicted molar refractivity (Wildman–Crippen MR) is 137 cm³/mol. The molecule has 3 aromatic carbocycles. The normalized spacial score (nSPS) is 13.2. The van der Waals surface area contributed by atoms with Crippen LogP contribution in [0.1, 0.15) is 56.2 Å². The number of benzene rings is 3. The van der Waals surface area contributed by atoms with Crippen molar-refractivity contribution < 1.29 is 14.3 Å². The second-order valence-corrected chi connectivity index (χ2v) is 11.0. The van der Waals surface area contributed by atoms with Crippen molar-refractivity contribution in [2.24, 2.45) is 0 Å². The topological polar surface area (TPSA) is 78.4 Å². The van der Waals surface area contributed by atoms with Crippen molar-refractivity contribution in [1.29, 1.82) is 0 Å². The molecule has 3 rings (SSSR count). The standard InChI is InChI=1S/C27H33N2O3P/c1-19(2)24-11-8-12-25(20(3)4)27(24)29-26(30)17-28-33(31,32)18-21-13-15-23(16-14-21)22-9-6-5-7-10-22/h5-16,19-20H,17-18H2,1-4H3,(H,29,30)(H2,28,31,32). The molecule has 6 heteroatoms. The molecule has 0 bridgehead atoms. The van der Waals surface area contributed by atoms with Crippen molar-refractivity contribution in [2.75, 3.05) is 11.9 Å². The number of hydrogen-bond acceptors (Lipinski definition) is 2. The van der Waals surface area contributed by atoms with Crippen LogP contribution in [0.25, 0.3) is 11.1 Å². The summed E-state index contributed by atoms with van der Waals surface area (Å²) in [4.78, 5) is 23.1. The van der Waals surface area contributed by atoms with Gasteiger partial charge in [0, 0.05) is 5.69 Å². The van der Waals surface area contributed by atoms with Crippen LogP contribution in [0.5, 0.6) is 0 Å². The number of carbonyl (C=O) groups excluding carboxylic acids is 1. The number of para-hydroxylation sites is 1. The van der Waals surface area contributed by atoms with Gasteiger partial charge in [0.25, 0.3) is 7.52 Å². The van der Waals surface area contributed by atoms with Crippen LogP contribution >= 0.6 is 7.52 Å². The zero-order chi connectivity index (χ0) is 24.0. The maximum Gasteiger partial charge on any atom is 0.272 e. The Balaban J connectivity index is 1.63. The molecular weight excluding hydrogens is 431 g/mol. The molecule has 174 valence electrons. The average molecular weight is 465 g/mol. The summed E-state index contributed by atoms with van der Waals surface area (Å²) in [6, 6.07) is 23.6. The minimum Gasteiger partial charge on any atom is -0.333 e. The van der Waals surface area contributed by atoms with Gasteiger partial charge >= 0.3 is 0 Å². The number of carbonyl (C=O) groups is 1. The van der Waals surface area contributed by atoms with Gasteiger partial charge in [-0.1, -0.05) is 100 Å². The Morgan fingerprint density at radius 1 is 0.818 bits per heavy atom. The first-order valence-corrected chi connectivity index (χ1v) is 13.1. The number of amides is 1. The van der Waals surface area contributed by atoms with Gasteiger partial charge in [0.1, 0.15) is 0 Å². The van der Waals surface area contributed by atoms with Crippen LogP contribution in [0, 0.1) is 0 Å². The van der Waals surface area contributed by atoms with Gasteiger partial charge in [-0.05, 0) is 39.7 Å². The molecule has 0 radical (unpaired) electrons. The second-order valence-electron chi connectivity index (χ2n) is 8.93. The minimum atomic E-state index is -3.73. The number of anilines is 1. The van der Waals surface area contributed by atoms with Crippen LogP contribution in [0.3, 0.4) is 0 Å². The zero-order valence-corrected chi connectivity index (χ0v) is 20.6. The summed E-state index contributed by atoms with van der Waals surface area (Å²) < 4.78 is 12.7. The Labute approximate surface area is 196 Å². The van der Waals surface area contributed by atoms with Gasteiger partial charge in [-0.15, -0.1) is 0 Å². The Kier molecular flexibility index (Phi) is 8.25. The lowest BCUT2D eigenvalue weighted by molar-refractivity contribution is -0.115. The molecule has 0 aliphatic carbocycles. The molecule has 0 spiro atoms. The minimum absolute atomic E-state index is 0.0465. The first kappa shape index (κ1) is 24.9. The van der Waals surface area contributed by atoms with Gasteiger partial charge in [0.2, 0.25) is 5.91 Å². The van der Waals surface area contributed by atoms with Crippen LogP contribution in [0.4, 0.5) is 5.69 Å². The van der Waals surface area contributed by atoms with E-state index in [1.165, 1.54) is 0 Å². The fraction of sp³-hybridized carbons (Fsp3) is 0.296. The monoisotopic (exact) mass is 464 g/mol. The third-order valence-corrected chi connectivity index (χ3v) is 7.03. The van der Waals surface area contributed by atoms with Crippen LogP contribution in [-0.2, 0) is 15.5 Å². The van der Waals surface area contributed by atoms with Crippen molar-refractivity contribution >= 4 is 19.1 Å².